The maximum Gasteiger partial charge on any atom is 0.368 e. The van der Waals surface area contributed by atoms with Gasteiger partial charge in [0.2, 0.25) is 0 Å². The number of tetrazole rings is 1. The third-order valence-corrected chi connectivity index (χ3v) is 3.98. The van der Waals surface area contributed by atoms with Crippen LogP contribution in [0.4, 0.5) is 5.69 Å². The molecule has 0 unspecified atom stereocenters. The van der Waals surface area contributed by atoms with Gasteiger partial charge in [-0.3, -0.25) is 0 Å². The number of aromatic nitrogens is 4. The molecule has 0 aliphatic heterocycles. The summed E-state index contributed by atoms with van der Waals surface area (Å²) >= 11 is 0. The summed E-state index contributed by atoms with van der Waals surface area (Å²) in [4.78, 5) is 12.2. The quantitative estimate of drug-likeness (QED) is 0.839. The molecule has 1 aromatic carbocycles. The van der Waals surface area contributed by atoms with Crippen molar-refractivity contribution >= 4 is 5.69 Å². The average molecular weight is 273 g/mol. The van der Waals surface area contributed by atoms with Gasteiger partial charge in [-0.1, -0.05) is 19.3 Å². The Kier molecular flexibility index (Phi) is 3.54. The number of hydrogen-bond acceptors (Lipinski definition) is 4. The van der Waals surface area contributed by atoms with Gasteiger partial charge in [0.1, 0.15) is 0 Å². The molecule has 0 atom stereocenters. The average Bonchev–Trinajstić information content (AvgIpc) is 2.75. The van der Waals surface area contributed by atoms with Gasteiger partial charge < -0.3 is 5.73 Å². The third kappa shape index (κ3) is 2.59. The molecule has 1 aliphatic rings. The zero-order valence-electron chi connectivity index (χ0n) is 11.4. The Morgan fingerprint density at radius 3 is 2.60 bits per heavy atom. The lowest BCUT2D eigenvalue weighted by Gasteiger charge is -2.24. The van der Waals surface area contributed by atoms with E-state index in [0.717, 1.165) is 12.3 Å². The molecule has 20 heavy (non-hydrogen) atoms. The lowest BCUT2D eigenvalue weighted by Crippen LogP contribution is -2.25. The second kappa shape index (κ2) is 5.48. The summed E-state index contributed by atoms with van der Waals surface area (Å²) in [6.45, 7) is 0.643. The molecule has 1 fully saturated rings. The molecule has 3 rings (SSSR count). The smallest absolute Gasteiger partial charge is 0.368 e. The molecule has 0 spiro atoms. The molecule has 106 valence electrons. The van der Waals surface area contributed by atoms with Gasteiger partial charge >= 0.3 is 5.69 Å². The normalized spacial score (nSPS) is 15.2. The molecule has 1 saturated carbocycles. The van der Waals surface area contributed by atoms with Crippen molar-refractivity contribution in [2.24, 2.45) is 5.92 Å². The summed E-state index contributed by atoms with van der Waals surface area (Å²) in [5, 5.41) is 7.86. The lowest BCUT2D eigenvalue weighted by atomic mass is 9.82. The van der Waals surface area contributed by atoms with Gasteiger partial charge in [0.25, 0.3) is 0 Å². The first-order valence-electron chi connectivity index (χ1n) is 7.13. The Bertz CT molecular complexity index is 624. The van der Waals surface area contributed by atoms with Gasteiger partial charge in [0, 0.05) is 12.2 Å². The van der Waals surface area contributed by atoms with Crippen molar-refractivity contribution < 1.29 is 0 Å². The Hall–Kier alpha value is -2.11. The Labute approximate surface area is 117 Å². The molecular formula is C14H19N5O. The monoisotopic (exact) mass is 273 g/mol. The number of nitrogens with two attached hydrogens (primary N) is 1. The van der Waals surface area contributed by atoms with Crippen LogP contribution in [0.1, 0.15) is 32.1 Å². The fraction of sp³-hybridized carbons (Fsp3) is 0.500. The molecule has 0 bridgehead atoms. The van der Waals surface area contributed by atoms with Crippen LogP contribution in [-0.2, 0) is 6.54 Å². The molecule has 0 radical (unpaired) electrons. The first-order valence-corrected chi connectivity index (χ1v) is 7.13. The second-order valence-corrected chi connectivity index (χ2v) is 5.43. The summed E-state index contributed by atoms with van der Waals surface area (Å²) in [5.41, 5.74) is 6.79. The molecule has 1 heterocycles. The van der Waals surface area contributed by atoms with Crippen LogP contribution in [0.25, 0.3) is 5.69 Å². The second-order valence-electron chi connectivity index (χ2n) is 5.43. The van der Waals surface area contributed by atoms with Crippen molar-refractivity contribution in [3.8, 4) is 5.69 Å². The van der Waals surface area contributed by atoms with Crippen molar-refractivity contribution in [1.82, 2.24) is 19.8 Å². The summed E-state index contributed by atoms with van der Waals surface area (Å²) < 4.78 is 2.75. The van der Waals surface area contributed by atoms with Gasteiger partial charge in [-0.15, -0.1) is 0 Å². The van der Waals surface area contributed by atoms with E-state index in [1.54, 1.807) is 24.3 Å². The number of aryl methyl sites for hydroxylation is 1. The maximum atomic E-state index is 12.2. The van der Waals surface area contributed by atoms with E-state index in [1.165, 1.54) is 35.0 Å². The van der Waals surface area contributed by atoms with Crippen LogP contribution in [0.5, 0.6) is 0 Å². The summed E-state index contributed by atoms with van der Waals surface area (Å²) in [6.07, 6.45) is 6.21. The molecule has 0 saturated heterocycles. The van der Waals surface area contributed by atoms with Crippen LogP contribution < -0.4 is 11.4 Å². The van der Waals surface area contributed by atoms with Crippen LogP contribution in [0.3, 0.4) is 0 Å². The third-order valence-electron chi connectivity index (χ3n) is 3.98. The summed E-state index contributed by atoms with van der Waals surface area (Å²) in [5.74, 6) is 0.859. The number of benzene rings is 1. The minimum Gasteiger partial charge on any atom is -0.399 e. The van der Waals surface area contributed by atoms with Crippen LogP contribution in [0.15, 0.2) is 29.1 Å². The van der Waals surface area contributed by atoms with Crippen LogP contribution in [0.2, 0.25) is 0 Å². The molecular weight excluding hydrogens is 254 g/mol. The topological polar surface area (TPSA) is 78.7 Å². The first-order chi connectivity index (χ1) is 9.74. The fourth-order valence-corrected chi connectivity index (χ4v) is 2.50. The van der Waals surface area contributed by atoms with Crippen molar-refractivity contribution in [2.45, 2.75) is 38.6 Å². The molecule has 0 amide bonds. The van der Waals surface area contributed by atoms with Crippen LogP contribution in [0, 0.1) is 5.92 Å². The van der Waals surface area contributed by atoms with Crippen molar-refractivity contribution in [3.63, 3.8) is 0 Å². The molecule has 6 heteroatoms. The Morgan fingerprint density at radius 2 is 1.95 bits per heavy atom. The Morgan fingerprint density at radius 1 is 1.20 bits per heavy atom. The van der Waals surface area contributed by atoms with Gasteiger partial charge in [-0.05, 0) is 53.5 Å². The van der Waals surface area contributed by atoms with Crippen molar-refractivity contribution in [2.75, 3.05) is 5.73 Å². The van der Waals surface area contributed by atoms with Gasteiger partial charge in [0.05, 0.1) is 5.69 Å². The van der Waals surface area contributed by atoms with E-state index in [4.69, 9.17) is 5.73 Å². The highest BCUT2D eigenvalue weighted by Crippen LogP contribution is 2.30. The highest BCUT2D eigenvalue weighted by Gasteiger charge is 2.17. The Balaban J connectivity index is 1.68. The van der Waals surface area contributed by atoms with E-state index in [9.17, 15) is 4.79 Å². The van der Waals surface area contributed by atoms with E-state index >= 15 is 0 Å². The maximum absolute atomic E-state index is 12.2. The van der Waals surface area contributed by atoms with E-state index in [0.29, 0.717) is 17.9 Å². The molecule has 1 aromatic heterocycles. The minimum absolute atomic E-state index is 0.191. The molecule has 6 nitrogen and oxygen atoms in total. The predicted octanol–water partition coefficient (Wildman–Crippen LogP) is 1.59. The standard InChI is InChI=1S/C14H19N5O/c15-12-6-8-13(9-7-12)19-14(20)18(16-17-19)10-2-5-11-3-1-4-11/h6-9,11H,1-5,10,15H2. The van der Waals surface area contributed by atoms with E-state index < -0.39 is 0 Å². The number of hydrogen-bond donors (Lipinski definition) is 1. The zero-order valence-corrected chi connectivity index (χ0v) is 11.4. The minimum atomic E-state index is -0.191. The number of nitrogens with zero attached hydrogens (tertiary/aromatic N) is 4. The SMILES string of the molecule is Nc1ccc(-n2nnn(CCCC3CCC3)c2=O)cc1. The number of rotatable bonds is 5. The predicted molar refractivity (Wildman–Crippen MR) is 76.6 cm³/mol. The van der Waals surface area contributed by atoms with Gasteiger partial charge in [0.15, 0.2) is 0 Å². The van der Waals surface area contributed by atoms with E-state index in [1.807, 2.05) is 0 Å². The van der Waals surface area contributed by atoms with E-state index in [-0.39, 0.29) is 5.69 Å². The summed E-state index contributed by atoms with van der Waals surface area (Å²) in [6, 6.07) is 7.03. The van der Waals surface area contributed by atoms with E-state index in [2.05, 4.69) is 10.4 Å². The number of anilines is 1. The zero-order chi connectivity index (χ0) is 13.9. The highest BCUT2D eigenvalue weighted by molar-refractivity contribution is 5.44. The van der Waals surface area contributed by atoms with Crippen LogP contribution >= 0.6 is 0 Å². The van der Waals surface area contributed by atoms with Gasteiger partial charge in [-0.25, -0.2) is 4.79 Å². The fourth-order valence-electron chi connectivity index (χ4n) is 2.50. The first kappa shape index (κ1) is 12.9. The van der Waals surface area contributed by atoms with Crippen molar-refractivity contribution in [3.05, 3.63) is 34.7 Å². The number of nitrogen functional groups attached to an aromatic ring is 1. The van der Waals surface area contributed by atoms with Crippen molar-refractivity contribution in [1.29, 1.82) is 0 Å². The lowest BCUT2D eigenvalue weighted by molar-refractivity contribution is 0.282. The largest absolute Gasteiger partial charge is 0.399 e. The van der Waals surface area contributed by atoms with Gasteiger partial charge in [-0.2, -0.15) is 9.36 Å². The summed E-state index contributed by atoms with van der Waals surface area (Å²) in [7, 11) is 0. The van der Waals surface area contributed by atoms with Crippen LogP contribution in [-0.4, -0.2) is 19.8 Å². The highest BCUT2D eigenvalue weighted by atomic mass is 16.2. The molecule has 2 N–H and O–H groups in total. The molecule has 1 aliphatic carbocycles. The molecule has 2 aromatic rings.